The summed E-state index contributed by atoms with van der Waals surface area (Å²) in [5.41, 5.74) is 5.66. The minimum Gasteiger partial charge on any atom is -0.744 e. The molecule has 0 bridgehead atoms. The van der Waals surface area contributed by atoms with E-state index in [0.717, 1.165) is 10.6 Å². The van der Waals surface area contributed by atoms with E-state index in [9.17, 15) is 22.6 Å². The smallest absolute Gasteiger partial charge is 0.744 e. The third-order valence-electron chi connectivity index (χ3n) is 5.20. The number of nitrogens with zero attached hydrogens (tertiary/aromatic N) is 2. The summed E-state index contributed by atoms with van der Waals surface area (Å²) in [6.07, 6.45) is 1.31. The van der Waals surface area contributed by atoms with Crippen LogP contribution in [0.25, 0.3) is 6.08 Å². The van der Waals surface area contributed by atoms with Crippen LogP contribution >= 0.6 is 0 Å². The number of aryl methyl sites for hydroxylation is 2. The van der Waals surface area contributed by atoms with E-state index < -0.39 is 65.0 Å². The Labute approximate surface area is 204 Å². The number of aromatic nitrogens is 1. The number of carboxylic acid groups (broad SMARTS) is 1. The number of hydrogen-bond donors (Lipinski definition) is 3. The minimum absolute atomic E-state index is 0. The fraction of sp³-hybridized carbons (Fsp3) is 0.353. The molecule has 0 unspecified atom stereocenters. The summed E-state index contributed by atoms with van der Waals surface area (Å²) in [4.78, 5) is 21.9. The Morgan fingerprint density at radius 3 is 2.53 bits per heavy atom. The van der Waals surface area contributed by atoms with Crippen LogP contribution in [0.1, 0.15) is 29.8 Å². The van der Waals surface area contributed by atoms with Crippen LogP contribution < -0.4 is 40.6 Å². The van der Waals surface area contributed by atoms with Crippen molar-refractivity contribution in [2.45, 2.75) is 32.7 Å². The molecule has 1 amide bonds. The second-order valence-corrected chi connectivity index (χ2v) is 8.76. The molecule has 2 aliphatic heterocycles. The molecule has 0 radical (unpaired) electrons. The van der Waals surface area contributed by atoms with Gasteiger partial charge in [0.25, 0.3) is 0 Å². The molecule has 32 heavy (non-hydrogen) atoms. The van der Waals surface area contributed by atoms with Gasteiger partial charge in [0, 0.05) is 37.2 Å². The number of hydrogen-bond acceptors (Lipinski definition) is 6. The van der Waals surface area contributed by atoms with Crippen molar-refractivity contribution < 1.29 is 70.3 Å². The average molecular weight is 480 g/mol. The van der Waals surface area contributed by atoms with Gasteiger partial charge in [-0.05, 0) is 31.2 Å². The number of nitrogens with two attached hydrogens (primary N) is 1. The molecule has 168 valence electrons. The van der Waals surface area contributed by atoms with E-state index in [2.05, 4.69) is 5.32 Å². The zero-order valence-corrected chi connectivity index (χ0v) is 20.4. The third-order valence-corrected chi connectivity index (χ3v) is 6.09. The molecular formula is C17H20BF2N4NaO6S. The molecule has 0 aliphatic carbocycles. The Balaban J connectivity index is 0.00000363. The molecule has 15 heteroatoms. The summed E-state index contributed by atoms with van der Waals surface area (Å²) in [5.74, 6) is -2.07. The Kier molecular flexibility index (Phi) is 7.59. The number of carbonyl (C=O) groups excluding carboxylic acids is 1. The standard InChI is InChI=1S/C17H21BF2N4O6S.Na/c1-9-5-10(2)23-14(9)6-11-7-15(31(28,29)30)13(24(11)18(23,19)20)3-4-16(25)22-8-12(21)17(26)27;/h5-7,12H,3-4,8,21H2,1-2H3,(H,22,25)(H,26,27)(H,28,29,30);/q;+1/p-1/t12-;/m1./s1. The van der Waals surface area contributed by atoms with Gasteiger partial charge in [0.2, 0.25) is 5.91 Å². The van der Waals surface area contributed by atoms with E-state index in [1.54, 1.807) is 13.0 Å². The molecule has 3 rings (SSSR count). The number of carbonyl (C=O) groups is 2. The number of nitrogens with one attached hydrogen (secondary N) is 1. The van der Waals surface area contributed by atoms with E-state index in [1.165, 1.54) is 13.0 Å². The van der Waals surface area contributed by atoms with Gasteiger partial charge in [-0.3, -0.25) is 9.59 Å². The van der Waals surface area contributed by atoms with Crippen LogP contribution in [0.4, 0.5) is 8.63 Å². The van der Waals surface area contributed by atoms with E-state index in [0.29, 0.717) is 10.0 Å². The van der Waals surface area contributed by atoms with E-state index in [-0.39, 0.29) is 46.6 Å². The Hall–Kier alpha value is -1.84. The van der Waals surface area contributed by atoms with Crippen LogP contribution in [-0.2, 0) is 19.7 Å². The molecule has 1 aromatic rings. The quantitative estimate of drug-likeness (QED) is 0.276. The summed E-state index contributed by atoms with van der Waals surface area (Å²) in [6, 6.07) is 0.209. The van der Waals surface area contributed by atoms with E-state index in [4.69, 9.17) is 10.8 Å². The minimum atomic E-state index is -5.11. The van der Waals surface area contributed by atoms with Crippen LogP contribution in [0.2, 0.25) is 0 Å². The first-order valence-corrected chi connectivity index (χ1v) is 10.7. The van der Waals surface area contributed by atoms with Crippen molar-refractivity contribution in [3.05, 3.63) is 39.7 Å². The van der Waals surface area contributed by atoms with Gasteiger partial charge in [0.05, 0.1) is 0 Å². The molecule has 0 fully saturated rings. The summed E-state index contributed by atoms with van der Waals surface area (Å²) in [5, 5.41) is 11.0. The van der Waals surface area contributed by atoms with Crippen molar-refractivity contribution in [1.82, 2.24) is 9.79 Å². The maximum atomic E-state index is 15.5. The fourth-order valence-electron chi connectivity index (χ4n) is 3.82. The van der Waals surface area contributed by atoms with Gasteiger partial charge in [-0.1, -0.05) is 0 Å². The maximum Gasteiger partial charge on any atom is 1.00 e. The Morgan fingerprint density at radius 2 is 1.97 bits per heavy atom. The van der Waals surface area contributed by atoms with Crippen molar-refractivity contribution in [3.8, 4) is 0 Å². The maximum absolute atomic E-state index is 15.5. The first kappa shape index (κ1) is 26.4. The summed E-state index contributed by atoms with van der Waals surface area (Å²) in [7, 11) is -5.11. The van der Waals surface area contributed by atoms with Crippen molar-refractivity contribution in [1.29, 1.82) is 0 Å². The van der Waals surface area contributed by atoms with Gasteiger partial charge in [0.15, 0.2) is 11.4 Å². The van der Waals surface area contributed by atoms with E-state index in [1.807, 2.05) is 0 Å². The van der Waals surface area contributed by atoms with Gasteiger partial charge in [0.1, 0.15) is 21.1 Å². The Morgan fingerprint density at radius 1 is 1.34 bits per heavy atom. The van der Waals surface area contributed by atoms with Gasteiger partial charge in [-0.25, -0.2) is 8.42 Å². The number of aliphatic carboxylic acids is 1. The molecule has 0 spiro atoms. The first-order chi connectivity index (χ1) is 14.2. The van der Waals surface area contributed by atoms with Gasteiger partial charge >= 0.3 is 42.5 Å². The second-order valence-electron chi connectivity index (χ2n) is 7.41. The van der Waals surface area contributed by atoms with E-state index >= 15 is 8.63 Å². The van der Waals surface area contributed by atoms with Gasteiger partial charge in [-0.2, -0.15) is 0 Å². The first-order valence-electron chi connectivity index (χ1n) is 9.26. The number of fused-ring (bicyclic) bond motifs is 2. The molecule has 2 aliphatic rings. The number of carboxylic acids is 1. The zero-order valence-electron chi connectivity index (χ0n) is 17.6. The van der Waals surface area contributed by atoms with Crippen molar-refractivity contribution in [2.75, 3.05) is 6.54 Å². The number of halogens is 2. The predicted molar refractivity (Wildman–Crippen MR) is 106 cm³/mol. The van der Waals surface area contributed by atoms with Crippen LogP contribution in [0.15, 0.2) is 22.7 Å². The molecular weight excluding hydrogens is 460 g/mol. The topological polar surface area (TPSA) is 158 Å². The van der Waals surface area contributed by atoms with Crippen molar-refractivity contribution in [3.63, 3.8) is 0 Å². The normalized spacial score (nSPS) is 17.6. The SMILES string of the molecule is Cc1cc(C)n2c1C=C1C=C(S(=O)(=O)[O-])C(CCC(=O)NC[C@@H](N)C(=O)O)=[N+]1[B-]2(F)F.[Na+]. The average Bonchev–Trinajstić information content (AvgIpc) is 3.16. The number of amides is 1. The largest absolute Gasteiger partial charge is 1.00 e. The Bertz CT molecular complexity index is 1190. The summed E-state index contributed by atoms with van der Waals surface area (Å²) >= 11 is 0. The molecule has 0 saturated carbocycles. The molecule has 4 N–H and O–H groups in total. The molecule has 0 saturated heterocycles. The monoisotopic (exact) mass is 480 g/mol. The second kappa shape index (κ2) is 9.19. The molecule has 0 aromatic carbocycles. The van der Waals surface area contributed by atoms with Gasteiger partial charge < -0.3 is 38.3 Å². The molecule has 10 nitrogen and oxygen atoms in total. The van der Waals surface area contributed by atoms with Crippen LogP contribution in [0.3, 0.4) is 0 Å². The van der Waals surface area contributed by atoms with Crippen molar-refractivity contribution >= 4 is 40.8 Å². The van der Waals surface area contributed by atoms with Crippen LogP contribution in [0, 0.1) is 13.8 Å². The summed E-state index contributed by atoms with van der Waals surface area (Å²) < 4.78 is 67.5. The fourth-order valence-corrected chi connectivity index (χ4v) is 4.57. The summed E-state index contributed by atoms with van der Waals surface area (Å²) in [6.45, 7) is -1.80. The molecule has 3 heterocycles. The third kappa shape index (κ3) is 4.75. The number of rotatable bonds is 7. The predicted octanol–water partition coefficient (Wildman–Crippen LogP) is -3.11. The zero-order chi connectivity index (χ0) is 23.3. The van der Waals surface area contributed by atoms with Gasteiger partial charge in [-0.15, -0.1) is 0 Å². The van der Waals surface area contributed by atoms with Crippen LogP contribution in [-0.4, -0.2) is 64.2 Å². The number of allylic oxidation sites excluding steroid dienone is 2. The molecule has 1 aromatic heterocycles. The van der Waals surface area contributed by atoms with Crippen molar-refractivity contribution in [2.24, 2.45) is 5.73 Å². The molecule has 1 atom stereocenters. The van der Waals surface area contributed by atoms with Crippen LogP contribution in [0.5, 0.6) is 0 Å².